The molecule has 0 amide bonds. The number of hydrogen-bond acceptors (Lipinski definition) is 3. The van der Waals surface area contributed by atoms with Gasteiger partial charge < -0.3 is 15.4 Å². The number of carbonyl (C=O) groups is 1. The van der Waals surface area contributed by atoms with Gasteiger partial charge in [0.1, 0.15) is 23.0 Å². The molecule has 3 N–H and O–H groups in total. The minimum Gasteiger partial charge on any atom is -0.477 e. The van der Waals surface area contributed by atoms with Gasteiger partial charge in [0.25, 0.3) is 0 Å². The lowest BCUT2D eigenvalue weighted by Crippen LogP contribution is -2.20. The van der Waals surface area contributed by atoms with E-state index in [1.54, 1.807) is 0 Å². The van der Waals surface area contributed by atoms with Crippen molar-refractivity contribution in [3.63, 3.8) is 0 Å². The van der Waals surface area contributed by atoms with E-state index in [1.807, 2.05) is 0 Å². The summed E-state index contributed by atoms with van der Waals surface area (Å²) in [5.41, 5.74) is 1.60. The number of nitrogens with two attached hydrogens (primary N) is 1. The maximum atomic E-state index is 15.2. The van der Waals surface area contributed by atoms with Crippen LogP contribution in [0.2, 0.25) is 0 Å². The molecule has 3 aromatic rings. The first kappa shape index (κ1) is 19.3. The van der Waals surface area contributed by atoms with Crippen molar-refractivity contribution in [3.05, 3.63) is 81.7 Å². The summed E-state index contributed by atoms with van der Waals surface area (Å²) in [6, 6.07) is 2.94. The molecule has 3 rings (SSSR count). The van der Waals surface area contributed by atoms with Crippen molar-refractivity contribution in [1.82, 2.24) is 4.57 Å². The van der Waals surface area contributed by atoms with Gasteiger partial charge in [-0.05, 0) is 23.8 Å². The fourth-order valence-corrected chi connectivity index (χ4v) is 2.86. The van der Waals surface area contributed by atoms with Crippen molar-refractivity contribution < 1.29 is 27.5 Å². The van der Waals surface area contributed by atoms with Crippen LogP contribution in [0.1, 0.15) is 15.9 Å². The quantitative estimate of drug-likeness (QED) is 0.668. The van der Waals surface area contributed by atoms with E-state index in [1.165, 1.54) is 0 Å². The number of pyridine rings is 1. The molecule has 2 aromatic carbocycles. The molecule has 0 aliphatic rings. The molecule has 28 heavy (non-hydrogen) atoms. The molecule has 0 saturated heterocycles. The Balaban J connectivity index is 2.58. The standard InChI is InChI=1S/C19H12F4N2O3/c1-8(6-24)15-13(22)5-10-17(16(15)23)25(7-11(18(10)26)19(27)28)14-3-2-9(20)4-12(14)21/h2-5,7H,1,6,24H2,(H,27,28). The van der Waals surface area contributed by atoms with E-state index in [4.69, 9.17) is 5.73 Å². The van der Waals surface area contributed by atoms with Crippen LogP contribution in [0.25, 0.3) is 22.2 Å². The Morgan fingerprint density at radius 1 is 1.14 bits per heavy atom. The molecular weight excluding hydrogens is 380 g/mol. The molecule has 0 saturated carbocycles. The number of benzene rings is 2. The van der Waals surface area contributed by atoms with E-state index < -0.39 is 62.4 Å². The Morgan fingerprint density at radius 3 is 2.39 bits per heavy atom. The molecule has 0 aliphatic carbocycles. The second kappa shape index (κ2) is 6.93. The van der Waals surface area contributed by atoms with Crippen LogP contribution in [0, 0.1) is 23.3 Å². The Bertz CT molecular complexity index is 1220. The number of fused-ring (bicyclic) bond motifs is 1. The molecule has 9 heteroatoms. The molecule has 0 atom stereocenters. The monoisotopic (exact) mass is 392 g/mol. The highest BCUT2D eigenvalue weighted by atomic mass is 19.1. The Labute approximate surface area is 154 Å². The molecule has 1 heterocycles. The molecule has 5 nitrogen and oxygen atoms in total. The average molecular weight is 392 g/mol. The lowest BCUT2D eigenvalue weighted by Gasteiger charge is -2.16. The number of carboxylic acids is 1. The second-order valence-corrected chi connectivity index (χ2v) is 5.89. The summed E-state index contributed by atoms with van der Waals surface area (Å²) in [5, 5.41) is 8.61. The maximum Gasteiger partial charge on any atom is 0.341 e. The molecule has 1 aromatic heterocycles. The van der Waals surface area contributed by atoms with Crippen LogP contribution >= 0.6 is 0 Å². The Hall–Kier alpha value is -3.46. The molecule has 0 fully saturated rings. The first-order chi connectivity index (χ1) is 13.2. The summed E-state index contributed by atoms with van der Waals surface area (Å²) in [5.74, 6) is -6.20. The van der Waals surface area contributed by atoms with E-state index in [-0.39, 0.29) is 12.1 Å². The van der Waals surface area contributed by atoms with Gasteiger partial charge in [-0.1, -0.05) is 6.58 Å². The molecule has 0 bridgehead atoms. The van der Waals surface area contributed by atoms with E-state index in [0.717, 1.165) is 16.7 Å². The zero-order valence-electron chi connectivity index (χ0n) is 14.1. The maximum absolute atomic E-state index is 15.2. The third kappa shape index (κ3) is 2.95. The summed E-state index contributed by atoms with van der Waals surface area (Å²) in [7, 11) is 0. The zero-order valence-corrected chi connectivity index (χ0v) is 14.1. The highest BCUT2D eigenvalue weighted by Crippen LogP contribution is 2.29. The van der Waals surface area contributed by atoms with Crippen molar-refractivity contribution in [3.8, 4) is 5.69 Å². The van der Waals surface area contributed by atoms with Crippen LogP contribution in [0.5, 0.6) is 0 Å². The number of carboxylic acid groups (broad SMARTS) is 1. The normalized spacial score (nSPS) is 11.0. The number of aromatic nitrogens is 1. The zero-order chi connectivity index (χ0) is 20.7. The van der Waals surface area contributed by atoms with Crippen molar-refractivity contribution >= 4 is 22.4 Å². The van der Waals surface area contributed by atoms with Gasteiger partial charge in [0.2, 0.25) is 5.43 Å². The third-order valence-electron chi connectivity index (χ3n) is 4.18. The summed E-state index contributed by atoms with van der Waals surface area (Å²) in [4.78, 5) is 23.8. The number of rotatable bonds is 4. The minimum atomic E-state index is -1.68. The second-order valence-electron chi connectivity index (χ2n) is 5.89. The summed E-state index contributed by atoms with van der Waals surface area (Å²) in [6.45, 7) is 3.16. The third-order valence-corrected chi connectivity index (χ3v) is 4.18. The van der Waals surface area contributed by atoms with Crippen molar-refractivity contribution in [1.29, 1.82) is 0 Å². The summed E-state index contributed by atoms with van der Waals surface area (Å²) >= 11 is 0. The van der Waals surface area contributed by atoms with Gasteiger partial charge in [0.05, 0.1) is 22.2 Å². The predicted molar refractivity (Wildman–Crippen MR) is 94.4 cm³/mol. The summed E-state index contributed by atoms with van der Waals surface area (Å²) < 4.78 is 57.9. The van der Waals surface area contributed by atoms with Crippen LogP contribution in [-0.2, 0) is 0 Å². The van der Waals surface area contributed by atoms with E-state index >= 15 is 4.39 Å². The molecule has 0 unspecified atom stereocenters. The van der Waals surface area contributed by atoms with Crippen LogP contribution in [0.15, 0.2) is 41.8 Å². The smallest absolute Gasteiger partial charge is 0.341 e. The number of aromatic carboxylic acids is 1. The summed E-state index contributed by atoms with van der Waals surface area (Å²) in [6.07, 6.45) is 0.694. The largest absolute Gasteiger partial charge is 0.477 e. The molecular formula is C19H12F4N2O3. The Morgan fingerprint density at radius 2 is 1.82 bits per heavy atom. The van der Waals surface area contributed by atoms with Crippen LogP contribution < -0.4 is 11.2 Å². The fraction of sp³-hybridized carbons (Fsp3) is 0.0526. The number of hydrogen-bond donors (Lipinski definition) is 2. The van der Waals surface area contributed by atoms with Gasteiger partial charge in [-0.15, -0.1) is 0 Å². The topological polar surface area (TPSA) is 85.3 Å². The molecule has 144 valence electrons. The number of halogens is 4. The van der Waals surface area contributed by atoms with Gasteiger partial charge in [0.15, 0.2) is 5.82 Å². The highest BCUT2D eigenvalue weighted by Gasteiger charge is 2.24. The molecule has 0 spiro atoms. The van der Waals surface area contributed by atoms with Crippen molar-refractivity contribution in [2.24, 2.45) is 5.73 Å². The predicted octanol–water partition coefficient (Wildman–Crippen LogP) is 3.22. The van der Waals surface area contributed by atoms with Gasteiger partial charge in [-0.3, -0.25) is 4.79 Å². The van der Waals surface area contributed by atoms with Gasteiger partial charge in [-0.2, -0.15) is 0 Å². The van der Waals surface area contributed by atoms with Crippen LogP contribution in [-0.4, -0.2) is 22.2 Å². The van der Waals surface area contributed by atoms with E-state index in [2.05, 4.69) is 6.58 Å². The number of nitrogens with zero attached hydrogens (tertiary/aromatic N) is 1. The van der Waals surface area contributed by atoms with E-state index in [9.17, 15) is 27.9 Å². The SMILES string of the molecule is C=C(CN)c1c(F)cc2c(=O)c(C(=O)O)cn(-c3ccc(F)cc3F)c2c1F. The van der Waals surface area contributed by atoms with E-state index in [0.29, 0.717) is 18.3 Å². The van der Waals surface area contributed by atoms with Gasteiger partial charge >= 0.3 is 5.97 Å². The van der Waals surface area contributed by atoms with Gasteiger partial charge in [0, 0.05) is 18.8 Å². The highest BCUT2D eigenvalue weighted by molar-refractivity contribution is 5.94. The van der Waals surface area contributed by atoms with Crippen molar-refractivity contribution in [2.75, 3.05) is 6.54 Å². The van der Waals surface area contributed by atoms with Crippen LogP contribution in [0.4, 0.5) is 17.6 Å². The lowest BCUT2D eigenvalue weighted by molar-refractivity contribution is 0.0695. The fourth-order valence-electron chi connectivity index (χ4n) is 2.86. The molecule has 0 aliphatic heterocycles. The average Bonchev–Trinajstić information content (AvgIpc) is 2.62. The lowest BCUT2D eigenvalue weighted by atomic mass is 10.0. The first-order valence-electron chi connectivity index (χ1n) is 7.81. The van der Waals surface area contributed by atoms with Crippen molar-refractivity contribution in [2.45, 2.75) is 0 Å². The van der Waals surface area contributed by atoms with Gasteiger partial charge in [-0.25, -0.2) is 22.4 Å². The Kier molecular flexibility index (Phi) is 4.78. The molecule has 0 radical (unpaired) electrons. The van der Waals surface area contributed by atoms with Crippen LogP contribution in [0.3, 0.4) is 0 Å². The minimum absolute atomic E-state index is 0.127. The first-order valence-corrected chi connectivity index (χ1v) is 7.81.